The van der Waals surface area contributed by atoms with Crippen molar-refractivity contribution < 1.29 is 9.53 Å². The van der Waals surface area contributed by atoms with Gasteiger partial charge in [0.1, 0.15) is 0 Å². The number of carbonyl (C=O) groups excluding carboxylic acids is 1. The van der Waals surface area contributed by atoms with Gasteiger partial charge in [-0.05, 0) is 41.7 Å². The van der Waals surface area contributed by atoms with E-state index in [0.717, 1.165) is 16.7 Å². The van der Waals surface area contributed by atoms with Crippen molar-refractivity contribution in [1.29, 1.82) is 0 Å². The lowest BCUT2D eigenvalue weighted by atomic mass is 9.87. The van der Waals surface area contributed by atoms with Crippen molar-refractivity contribution in [3.8, 4) is 0 Å². The first kappa shape index (κ1) is 16.2. The van der Waals surface area contributed by atoms with E-state index in [4.69, 9.17) is 4.74 Å². The third-order valence-electron chi connectivity index (χ3n) is 3.97. The van der Waals surface area contributed by atoms with Gasteiger partial charge in [0.2, 0.25) is 5.90 Å². The predicted octanol–water partition coefficient (Wildman–Crippen LogP) is 4.64. The van der Waals surface area contributed by atoms with Crippen LogP contribution in [0.2, 0.25) is 0 Å². The van der Waals surface area contributed by atoms with Crippen molar-refractivity contribution in [2.45, 2.75) is 33.1 Å². The summed E-state index contributed by atoms with van der Waals surface area (Å²) >= 11 is 0. The van der Waals surface area contributed by atoms with Gasteiger partial charge >= 0.3 is 5.97 Å². The number of aryl methyl sites for hydroxylation is 1. The standard InChI is InChI=1S/C21H21NO2/c1-14-6-5-7-16(12-14)19-22-18(20(23)24-19)13-15-8-10-17(11-9-15)21(2,3)4/h5-13H,1-4H3. The molecule has 3 heteroatoms. The van der Waals surface area contributed by atoms with E-state index in [1.54, 1.807) is 6.08 Å². The normalized spacial score (nSPS) is 16.2. The summed E-state index contributed by atoms with van der Waals surface area (Å²) in [5, 5.41) is 0. The molecule has 3 nitrogen and oxygen atoms in total. The van der Waals surface area contributed by atoms with Crippen molar-refractivity contribution in [2.75, 3.05) is 0 Å². The molecule has 0 aromatic heterocycles. The van der Waals surface area contributed by atoms with Crippen molar-refractivity contribution in [2.24, 2.45) is 4.99 Å². The van der Waals surface area contributed by atoms with Gasteiger partial charge in [0.05, 0.1) is 0 Å². The van der Waals surface area contributed by atoms with Crippen LogP contribution < -0.4 is 0 Å². The highest BCUT2D eigenvalue weighted by atomic mass is 16.6. The highest BCUT2D eigenvalue weighted by molar-refractivity contribution is 6.12. The van der Waals surface area contributed by atoms with Crippen LogP contribution >= 0.6 is 0 Å². The van der Waals surface area contributed by atoms with Crippen LogP contribution in [0.5, 0.6) is 0 Å². The number of nitrogens with zero attached hydrogens (tertiary/aromatic N) is 1. The molecule has 0 fully saturated rings. The summed E-state index contributed by atoms with van der Waals surface area (Å²) in [5.41, 5.74) is 4.53. The number of hydrogen-bond donors (Lipinski definition) is 0. The van der Waals surface area contributed by atoms with E-state index in [0.29, 0.717) is 11.6 Å². The summed E-state index contributed by atoms with van der Waals surface area (Å²) in [4.78, 5) is 16.4. The summed E-state index contributed by atoms with van der Waals surface area (Å²) in [6.07, 6.45) is 1.76. The number of aliphatic imine (C=N–C) groups is 1. The first-order valence-corrected chi connectivity index (χ1v) is 8.03. The Hall–Kier alpha value is -2.68. The molecule has 0 saturated carbocycles. The fourth-order valence-electron chi connectivity index (χ4n) is 2.55. The van der Waals surface area contributed by atoms with E-state index < -0.39 is 5.97 Å². The molecule has 0 bridgehead atoms. The molecular formula is C21H21NO2. The van der Waals surface area contributed by atoms with E-state index in [1.807, 2.05) is 43.3 Å². The molecule has 24 heavy (non-hydrogen) atoms. The number of ether oxygens (including phenoxy) is 1. The summed E-state index contributed by atoms with van der Waals surface area (Å²) in [5.74, 6) is -0.0485. The predicted molar refractivity (Wildman–Crippen MR) is 96.9 cm³/mol. The molecule has 0 saturated heterocycles. The molecule has 0 unspecified atom stereocenters. The number of carbonyl (C=O) groups is 1. The van der Waals surface area contributed by atoms with Crippen LogP contribution in [0.3, 0.4) is 0 Å². The minimum Gasteiger partial charge on any atom is -0.402 e. The van der Waals surface area contributed by atoms with E-state index in [-0.39, 0.29) is 5.41 Å². The van der Waals surface area contributed by atoms with Crippen molar-refractivity contribution in [3.63, 3.8) is 0 Å². The third kappa shape index (κ3) is 3.46. The van der Waals surface area contributed by atoms with Gasteiger partial charge in [-0.2, -0.15) is 0 Å². The minimum atomic E-state index is -0.411. The van der Waals surface area contributed by atoms with Crippen LogP contribution in [-0.2, 0) is 14.9 Å². The quantitative estimate of drug-likeness (QED) is 0.597. The minimum absolute atomic E-state index is 0.106. The van der Waals surface area contributed by atoms with Crippen LogP contribution in [0, 0.1) is 6.92 Å². The van der Waals surface area contributed by atoms with E-state index >= 15 is 0 Å². The smallest absolute Gasteiger partial charge is 0.363 e. The molecule has 1 aliphatic heterocycles. The summed E-state index contributed by atoms with van der Waals surface area (Å²) in [6, 6.07) is 15.9. The Balaban J connectivity index is 1.88. The number of benzene rings is 2. The molecule has 0 amide bonds. The van der Waals surface area contributed by atoms with Crippen LogP contribution in [0.4, 0.5) is 0 Å². The fraction of sp³-hybridized carbons (Fsp3) is 0.238. The largest absolute Gasteiger partial charge is 0.402 e. The van der Waals surface area contributed by atoms with Gasteiger partial charge in [-0.3, -0.25) is 0 Å². The van der Waals surface area contributed by atoms with E-state index in [1.165, 1.54) is 5.56 Å². The van der Waals surface area contributed by atoms with Crippen LogP contribution in [0.1, 0.15) is 43.0 Å². The molecule has 0 N–H and O–H groups in total. The second-order valence-electron chi connectivity index (χ2n) is 7.08. The average Bonchev–Trinajstić information content (AvgIpc) is 2.88. The second-order valence-corrected chi connectivity index (χ2v) is 7.08. The number of rotatable bonds is 2. The van der Waals surface area contributed by atoms with Crippen molar-refractivity contribution in [3.05, 3.63) is 76.5 Å². The third-order valence-corrected chi connectivity index (χ3v) is 3.97. The molecular weight excluding hydrogens is 298 g/mol. The van der Waals surface area contributed by atoms with E-state index in [9.17, 15) is 4.79 Å². The lowest BCUT2D eigenvalue weighted by Gasteiger charge is -2.18. The van der Waals surface area contributed by atoms with Gasteiger partial charge in [-0.25, -0.2) is 9.79 Å². The van der Waals surface area contributed by atoms with Gasteiger partial charge in [0.25, 0.3) is 0 Å². The van der Waals surface area contributed by atoms with Crippen LogP contribution in [-0.4, -0.2) is 11.9 Å². The molecule has 1 aliphatic rings. The molecule has 3 rings (SSSR count). The monoisotopic (exact) mass is 319 g/mol. The zero-order valence-electron chi connectivity index (χ0n) is 14.5. The SMILES string of the molecule is Cc1cccc(C2=NC(=Cc3ccc(C(C)(C)C)cc3)C(=O)O2)c1. The Labute approximate surface area is 142 Å². The van der Waals surface area contributed by atoms with Crippen molar-refractivity contribution >= 4 is 17.9 Å². The fourth-order valence-corrected chi connectivity index (χ4v) is 2.55. The van der Waals surface area contributed by atoms with Gasteiger partial charge in [-0.1, -0.05) is 62.7 Å². The summed E-state index contributed by atoms with van der Waals surface area (Å²) in [6.45, 7) is 8.52. The summed E-state index contributed by atoms with van der Waals surface area (Å²) < 4.78 is 5.31. The first-order valence-electron chi connectivity index (χ1n) is 8.03. The second kappa shape index (κ2) is 6.08. The lowest BCUT2D eigenvalue weighted by Crippen LogP contribution is -2.10. The Morgan fingerprint density at radius 1 is 1.04 bits per heavy atom. The zero-order chi connectivity index (χ0) is 17.3. The highest BCUT2D eigenvalue weighted by Gasteiger charge is 2.24. The Morgan fingerprint density at radius 3 is 2.38 bits per heavy atom. The molecule has 2 aromatic rings. The molecule has 0 spiro atoms. The number of esters is 1. The maximum Gasteiger partial charge on any atom is 0.363 e. The zero-order valence-corrected chi connectivity index (χ0v) is 14.5. The molecule has 122 valence electrons. The number of cyclic esters (lactones) is 1. The van der Waals surface area contributed by atoms with Gasteiger partial charge in [-0.15, -0.1) is 0 Å². The first-order chi connectivity index (χ1) is 11.3. The lowest BCUT2D eigenvalue weighted by molar-refractivity contribution is -0.129. The maximum atomic E-state index is 12.1. The molecule has 0 aliphatic carbocycles. The summed E-state index contributed by atoms with van der Waals surface area (Å²) in [7, 11) is 0. The average molecular weight is 319 g/mol. The van der Waals surface area contributed by atoms with Gasteiger partial charge in [0, 0.05) is 5.56 Å². The maximum absolute atomic E-state index is 12.1. The molecule has 0 radical (unpaired) electrons. The molecule has 1 heterocycles. The van der Waals surface area contributed by atoms with Crippen LogP contribution in [0.25, 0.3) is 6.08 Å². The Morgan fingerprint density at radius 2 is 1.75 bits per heavy atom. The number of hydrogen-bond acceptors (Lipinski definition) is 3. The van der Waals surface area contributed by atoms with Gasteiger partial charge < -0.3 is 4.74 Å². The topological polar surface area (TPSA) is 38.7 Å². The van der Waals surface area contributed by atoms with E-state index in [2.05, 4.69) is 37.9 Å². The molecule has 0 atom stereocenters. The molecule has 2 aromatic carbocycles. The van der Waals surface area contributed by atoms with Crippen molar-refractivity contribution in [1.82, 2.24) is 0 Å². The highest BCUT2D eigenvalue weighted by Crippen LogP contribution is 2.24. The van der Waals surface area contributed by atoms with Gasteiger partial charge in [0.15, 0.2) is 5.70 Å². The Bertz CT molecular complexity index is 837. The van der Waals surface area contributed by atoms with Crippen LogP contribution in [0.15, 0.2) is 59.2 Å². The Kier molecular flexibility index (Phi) is 4.10.